The maximum Gasteiger partial charge on any atom is 0.161 e. The smallest absolute Gasteiger partial charge is 0.161 e. The van der Waals surface area contributed by atoms with Gasteiger partial charge in [0.1, 0.15) is 5.82 Å². The first-order chi connectivity index (χ1) is 10.2. The highest BCUT2D eigenvalue weighted by Gasteiger charge is 2.20. The molecule has 0 unspecified atom stereocenters. The van der Waals surface area contributed by atoms with Crippen molar-refractivity contribution in [3.8, 4) is 11.4 Å². The predicted molar refractivity (Wildman–Crippen MR) is 91.9 cm³/mol. The van der Waals surface area contributed by atoms with E-state index in [1.54, 1.807) is 0 Å². The molecule has 0 amide bonds. The number of benzene rings is 1. The largest absolute Gasteiger partial charge is 0.308 e. The van der Waals surface area contributed by atoms with Crippen LogP contribution in [0, 0.1) is 0 Å². The Bertz CT molecular complexity index is 654. The van der Waals surface area contributed by atoms with Gasteiger partial charge in [0.2, 0.25) is 0 Å². The summed E-state index contributed by atoms with van der Waals surface area (Å²) in [6.07, 6.45) is 4.95. The molecule has 0 saturated heterocycles. The van der Waals surface area contributed by atoms with E-state index in [2.05, 4.69) is 42.3 Å². The number of anilines is 1. The Kier molecular flexibility index (Phi) is 4.57. The molecule has 110 valence electrons. The Balaban J connectivity index is 2.04. The van der Waals surface area contributed by atoms with Crippen LogP contribution in [0.4, 0.5) is 5.82 Å². The molecule has 6 heteroatoms. The van der Waals surface area contributed by atoms with E-state index in [4.69, 9.17) is 10.8 Å². The molecular formula is C15H16Br2N4. The highest BCUT2D eigenvalue weighted by atomic mass is 79.9. The quantitative estimate of drug-likeness (QED) is 0.571. The number of aromatic nitrogens is 2. The van der Waals surface area contributed by atoms with Crippen molar-refractivity contribution in [2.45, 2.75) is 31.6 Å². The van der Waals surface area contributed by atoms with Crippen molar-refractivity contribution in [3.05, 3.63) is 38.9 Å². The number of nitrogen functional groups attached to an aromatic ring is 1. The van der Waals surface area contributed by atoms with Crippen molar-refractivity contribution in [3.63, 3.8) is 0 Å². The number of halogens is 2. The average molecular weight is 412 g/mol. The number of hydrogen-bond acceptors (Lipinski definition) is 4. The zero-order valence-corrected chi connectivity index (χ0v) is 14.6. The van der Waals surface area contributed by atoms with Crippen molar-refractivity contribution < 1.29 is 0 Å². The first-order valence-corrected chi connectivity index (χ1v) is 8.57. The van der Waals surface area contributed by atoms with Gasteiger partial charge in [-0.05, 0) is 62.9 Å². The van der Waals surface area contributed by atoms with Gasteiger partial charge >= 0.3 is 0 Å². The molecule has 0 radical (unpaired) electrons. The Labute approximate surface area is 140 Å². The van der Waals surface area contributed by atoms with Crippen LogP contribution in [-0.2, 0) is 0 Å². The van der Waals surface area contributed by atoms with Gasteiger partial charge in [0.15, 0.2) is 5.82 Å². The third-order valence-corrected chi connectivity index (χ3v) is 5.72. The summed E-state index contributed by atoms with van der Waals surface area (Å²) in [6, 6.07) is 7.97. The summed E-state index contributed by atoms with van der Waals surface area (Å²) >= 11 is 7.00. The van der Waals surface area contributed by atoms with Gasteiger partial charge in [0, 0.05) is 32.2 Å². The summed E-state index contributed by atoms with van der Waals surface area (Å²) in [5, 5.41) is 0. The summed E-state index contributed by atoms with van der Waals surface area (Å²) in [7, 11) is 0. The van der Waals surface area contributed by atoms with Crippen LogP contribution >= 0.6 is 31.9 Å². The van der Waals surface area contributed by atoms with Crippen LogP contribution in [0.2, 0.25) is 0 Å². The van der Waals surface area contributed by atoms with Crippen LogP contribution in [0.1, 0.15) is 37.3 Å². The van der Waals surface area contributed by atoms with Gasteiger partial charge in [-0.15, -0.1) is 0 Å². The Morgan fingerprint density at radius 1 is 1.05 bits per heavy atom. The third kappa shape index (κ3) is 3.27. The normalized spacial score (nSPS) is 15.4. The number of hydrazine groups is 1. The average Bonchev–Trinajstić information content (AvgIpc) is 3.04. The number of nitrogens with one attached hydrogen (secondary N) is 1. The van der Waals surface area contributed by atoms with Gasteiger partial charge in [-0.3, -0.25) is 0 Å². The van der Waals surface area contributed by atoms with E-state index in [1.165, 1.54) is 25.7 Å². The lowest BCUT2D eigenvalue weighted by Crippen LogP contribution is -2.11. The third-order valence-electron chi connectivity index (χ3n) is 3.85. The molecule has 3 rings (SSSR count). The minimum absolute atomic E-state index is 0.526. The highest BCUT2D eigenvalue weighted by Crippen LogP contribution is 2.35. The zero-order chi connectivity index (χ0) is 14.8. The Morgan fingerprint density at radius 2 is 1.81 bits per heavy atom. The van der Waals surface area contributed by atoms with E-state index in [0.717, 1.165) is 20.2 Å². The van der Waals surface area contributed by atoms with Crippen LogP contribution in [0.15, 0.2) is 33.2 Å². The number of nitrogens with zero attached hydrogens (tertiary/aromatic N) is 2. The second-order valence-electron chi connectivity index (χ2n) is 5.26. The van der Waals surface area contributed by atoms with Crippen LogP contribution in [-0.4, -0.2) is 9.97 Å². The van der Waals surface area contributed by atoms with E-state index >= 15 is 0 Å². The van der Waals surface area contributed by atoms with Crippen LogP contribution in [0.3, 0.4) is 0 Å². The van der Waals surface area contributed by atoms with Gasteiger partial charge in [-0.2, -0.15) is 0 Å². The molecule has 1 fully saturated rings. The number of rotatable bonds is 3. The van der Waals surface area contributed by atoms with E-state index in [1.807, 2.05) is 24.3 Å². The standard InChI is InChI=1S/C15H16Br2N4/c16-11-6-5-10(7-12(11)17)15-19-13(8-14(20-15)21-18)9-3-1-2-4-9/h5-9H,1-4,18H2,(H,19,20,21). The van der Waals surface area contributed by atoms with Gasteiger partial charge in [0.25, 0.3) is 0 Å². The fraction of sp³-hybridized carbons (Fsp3) is 0.333. The predicted octanol–water partition coefficient (Wildman–Crippen LogP) is 4.61. The van der Waals surface area contributed by atoms with Crippen LogP contribution in [0.25, 0.3) is 11.4 Å². The van der Waals surface area contributed by atoms with Gasteiger partial charge < -0.3 is 5.43 Å². The second kappa shape index (κ2) is 6.42. The van der Waals surface area contributed by atoms with Gasteiger partial charge in [-0.1, -0.05) is 12.8 Å². The Morgan fingerprint density at radius 3 is 2.48 bits per heavy atom. The van der Waals surface area contributed by atoms with Crippen molar-refractivity contribution in [1.82, 2.24) is 9.97 Å². The summed E-state index contributed by atoms with van der Waals surface area (Å²) in [5.74, 6) is 7.46. The van der Waals surface area contributed by atoms with Crippen molar-refractivity contribution in [2.75, 3.05) is 5.43 Å². The SMILES string of the molecule is NNc1cc(C2CCCC2)nc(-c2ccc(Br)c(Br)c2)n1. The van der Waals surface area contributed by atoms with Crippen molar-refractivity contribution in [2.24, 2.45) is 5.84 Å². The molecule has 4 nitrogen and oxygen atoms in total. The summed E-state index contributed by atoms with van der Waals surface area (Å²) < 4.78 is 1.99. The fourth-order valence-electron chi connectivity index (χ4n) is 2.73. The molecule has 3 N–H and O–H groups in total. The maximum atomic E-state index is 5.56. The minimum atomic E-state index is 0.526. The number of nitrogens with two attached hydrogens (primary N) is 1. The topological polar surface area (TPSA) is 63.8 Å². The lowest BCUT2D eigenvalue weighted by Gasteiger charge is -2.12. The molecule has 1 saturated carbocycles. The first-order valence-electron chi connectivity index (χ1n) is 6.98. The monoisotopic (exact) mass is 410 g/mol. The highest BCUT2D eigenvalue weighted by molar-refractivity contribution is 9.13. The van der Waals surface area contributed by atoms with Crippen molar-refractivity contribution >= 4 is 37.7 Å². The summed E-state index contributed by atoms with van der Waals surface area (Å²) in [4.78, 5) is 9.24. The van der Waals surface area contributed by atoms with Crippen molar-refractivity contribution in [1.29, 1.82) is 0 Å². The zero-order valence-electron chi connectivity index (χ0n) is 11.4. The van der Waals surface area contributed by atoms with E-state index in [9.17, 15) is 0 Å². The summed E-state index contributed by atoms with van der Waals surface area (Å²) in [5.41, 5.74) is 4.72. The lowest BCUT2D eigenvalue weighted by atomic mass is 10.0. The lowest BCUT2D eigenvalue weighted by molar-refractivity contribution is 0.695. The van der Waals surface area contributed by atoms with Crippen LogP contribution in [0.5, 0.6) is 0 Å². The molecule has 1 heterocycles. The molecule has 2 aromatic rings. The molecule has 0 spiro atoms. The molecular weight excluding hydrogens is 396 g/mol. The van der Waals surface area contributed by atoms with E-state index in [0.29, 0.717) is 17.6 Å². The van der Waals surface area contributed by atoms with E-state index in [-0.39, 0.29) is 0 Å². The molecule has 1 aliphatic carbocycles. The minimum Gasteiger partial charge on any atom is -0.308 e. The van der Waals surface area contributed by atoms with Gasteiger partial charge in [0.05, 0.1) is 0 Å². The number of hydrogen-bond donors (Lipinski definition) is 2. The molecule has 1 aromatic heterocycles. The molecule has 21 heavy (non-hydrogen) atoms. The second-order valence-corrected chi connectivity index (χ2v) is 6.96. The Hall–Kier alpha value is -0.980. The maximum absolute atomic E-state index is 5.56. The van der Waals surface area contributed by atoms with E-state index < -0.39 is 0 Å². The van der Waals surface area contributed by atoms with Gasteiger partial charge in [-0.25, -0.2) is 15.8 Å². The van der Waals surface area contributed by atoms with Crippen LogP contribution < -0.4 is 11.3 Å². The fourth-order valence-corrected chi connectivity index (χ4v) is 3.36. The summed E-state index contributed by atoms with van der Waals surface area (Å²) in [6.45, 7) is 0. The molecule has 0 aliphatic heterocycles. The molecule has 0 atom stereocenters. The molecule has 1 aromatic carbocycles. The molecule has 0 bridgehead atoms. The first kappa shape index (κ1) is 14.9. The molecule has 1 aliphatic rings.